The molecule has 11 rings (SSSR count). The van der Waals surface area contributed by atoms with Gasteiger partial charge in [-0.1, -0.05) is 172 Å². The van der Waals surface area contributed by atoms with Crippen LogP contribution in [0.5, 0.6) is 0 Å². The van der Waals surface area contributed by atoms with E-state index in [-0.39, 0.29) is 5.41 Å². The molecule has 0 N–H and O–H groups in total. The Kier molecular flexibility index (Phi) is 7.00. The van der Waals surface area contributed by atoms with E-state index in [9.17, 15) is 0 Å². The zero-order valence-electron chi connectivity index (χ0n) is 31.0. The third-order valence-electron chi connectivity index (χ3n) is 12.2. The summed E-state index contributed by atoms with van der Waals surface area (Å²) >= 11 is 0. The molecule has 1 aliphatic rings. The van der Waals surface area contributed by atoms with Crippen molar-refractivity contribution in [2.75, 3.05) is 0 Å². The van der Waals surface area contributed by atoms with Gasteiger partial charge in [0.2, 0.25) is 0 Å². The Hall–Kier alpha value is -6.76. The van der Waals surface area contributed by atoms with E-state index < -0.39 is 0 Å². The molecule has 10 aromatic carbocycles. The highest BCUT2D eigenvalue weighted by atomic mass is 14.4. The van der Waals surface area contributed by atoms with E-state index in [0.717, 1.165) is 0 Å². The number of hydrogen-bond donors (Lipinski definition) is 0. The number of benzene rings is 10. The second-order valence-electron chi connectivity index (χ2n) is 15.7. The maximum atomic E-state index is 2.47. The number of fused-ring (bicyclic) bond motifs is 8. The van der Waals surface area contributed by atoms with Gasteiger partial charge in [0.1, 0.15) is 0 Å². The second kappa shape index (κ2) is 12.1. The first kappa shape index (κ1) is 31.7. The van der Waals surface area contributed by atoms with Gasteiger partial charge in [0, 0.05) is 5.41 Å². The first-order valence-corrected chi connectivity index (χ1v) is 19.3. The molecule has 0 heteroatoms. The van der Waals surface area contributed by atoms with E-state index in [4.69, 9.17) is 0 Å². The Morgan fingerprint density at radius 1 is 0.255 bits per heavy atom. The molecule has 0 bridgehead atoms. The van der Waals surface area contributed by atoms with Gasteiger partial charge < -0.3 is 0 Å². The molecule has 0 amide bonds. The largest absolute Gasteiger partial charge is 0.0622 e. The summed E-state index contributed by atoms with van der Waals surface area (Å²) < 4.78 is 0. The van der Waals surface area contributed by atoms with Gasteiger partial charge in [-0.15, -0.1) is 0 Å². The fourth-order valence-electron chi connectivity index (χ4n) is 9.42. The molecule has 0 aliphatic heterocycles. The lowest BCUT2D eigenvalue weighted by molar-refractivity contribution is 0.660. The van der Waals surface area contributed by atoms with Crippen LogP contribution in [-0.2, 0) is 5.41 Å². The van der Waals surface area contributed by atoms with Gasteiger partial charge in [0.05, 0.1) is 0 Å². The predicted molar refractivity (Wildman–Crippen MR) is 236 cm³/mol. The molecule has 0 spiro atoms. The molecule has 0 fully saturated rings. The summed E-state index contributed by atoms with van der Waals surface area (Å²) in [7, 11) is 0. The average Bonchev–Trinajstić information content (AvgIpc) is 3.47. The monoisotopic (exact) mass is 698 g/mol. The van der Waals surface area contributed by atoms with E-state index in [2.05, 4.69) is 208 Å². The van der Waals surface area contributed by atoms with Crippen LogP contribution < -0.4 is 0 Å². The van der Waals surface area contributed by atoms with Gasteiger partial charge in [-0.25, -0.2) is 0 Å². The molecule has 258 valence electrons. The van der Waals surface area contributed by atoms with Crippen LogP contribution in [0.25, 0.3) is 98.7 Å². The van der Waals surface area contributed by atoms with Crippen LogP contribution in [0, 0.1) is 0 Å². The Bertz CT molecular complexity index is 3160. The Balaban J connectivity index is 1.18. The molecule has 55 heavy (non-hydrogen) atoms. The number of hydrogen-bond acceptors (Lipinski definition) is 0. The van der Waals surface area contributed by atoms with Crippen molar-refractivity contribution in [2.45, 2.75) is 19.3 Å². The van der Waals surface area contributed by atoms with Gasteiger partial charge in [-0.2, -0.15) is 0 Å². The molecular formula is C55H38. The van der Waals surface area contributed by atoms with Crippen LogP contribution >= 0.6 is 0 Å². The van der Waals surface area contributed by atoms with Gasteiger partial charge in [-0.3, -0.25) is 0 Å². The minimum Gasteiger partial charge on any atom is -0.0622 e. The van der Waals surface area contributed by atoms with E-state index >= 15 is 0 Å². The molecule has 10 aromatic rings. The fraction of sp³-hybridized carbons (Fsp3) is 0.0545. The van der Waals surface area contributed by atoms with Crippen LogP contribution in [-0.4, -0.2) is 0 Å². The average molecular weight is 699 g/mol. The quantitative estimate of drug-likeness (QED) is 0.161. The van der Waals surface area contributed by atoms with Crippen LogP contribution in [0.3, 0.4) is 0 Å². The van der Waals surface area contributed by atoms with E-state index in [1.54, 1.807) is 0 Å². The Labute approximate surface area is 322 Å². The zero-order valence-corrected chi connectivity index (χ0v) is 31.0. The van der Waals surface area contributed by atoms with Crippen molar-refractivity contribution in [2.24, 2.45) is 0 Å². The molecule has 0 aromatic heterocycles. The molecular weight excluding hydrogens is 661 g/mol. The van der Waals surface area contributed by atoms with Crippen molar-refractivity contribution >= 4 is 43.1 Å². The molecule has 0 heterocycles. The maximum absolute atomic E-state index is 2.47. The van der Waals surface area contributed by atoms with Gasteiger partial charge >= 0.3 is 0 Å². The summed E-state index contributed by atoms with van der Waals surface area (Å²) in [6.45, 7) is 4.75. The predicted octanol–water partition coefficient (Wildman–Crippen LogP) is 15.3. The minimum atomic E-state index is -0.0863. The van der Waals surface area contributed by atoms with Gasteiger partial charge in [-0.05, 0) is 146 Å². The lowest BCUT2D eigenvalue weighted by atomic mass is 9.81. The van der Waals surface area contributed by atoms with Crippen LogP contribution in [0.15, 0.2) is 194 Å². The summed E-state index contributed by atoms with van der Waals surface area (Å²) in [5.41, 5.74) is 15.3. The molecule has 0 saturated heterocycles. The summed E-state index contributed by atoms with van der Waals surface area (Å²) in [6.07, 6.45) is 0. The van der Waals surface area contributed by atoms with Crippen LogP contribution in [0.2, 0.25) is 0 Å². The lowest BCUT2D eigenvalue weighted by Gasteiger charge is -2.22. The first-order valence-electron chi connectivity index (χ1n) is 19.3. The van der Waals surface area contributed by atoms with Gasteiger partial charge in [0.25, 0.3) is 0 Å². The smallest absolute Gasteiger partial charge is 0.0159 e. The molecule has 0 atom stereocenters. The topological polar surface area (TPSA) is 0 Å². The van der Waals surface area contributed by atoms with E-state index in [1.807, 2.05) is 0 Å². The van der Waals surface area contributed by atoms with Crippen molar-refractivity contribution in [1.82, 2.24) is 0 Å². The summed E-state index contributed by atoms with van der Waals surface area (Å²) in [5.74, 6) is 0. The Morgan fingerprint density at radius 3 is 1.64 bits per heavy atom. The van der Waals surface area contributed by atoms with Crippen molar-refractivity contribution in [1.29, 1.82) is 0 Å². The molecule has 1 aliphatic carbocycles. The fourth-order valence-corrected chi connectivity index (χ4v) is 9.42. The molecule has 0 saturated carbocycles. The SMILES string of the molecule is CC1(C)c2ccccc2-c2ccc(-c3cc4cc(-c5cccc6ccccc56)ccc4c4ccc(-c5cc6ccccc6cc5-c5ccccc5)cc34)cc21. The highest BCUT2D eigenvalue weighted by Gasteiger charge is 2.35. The minimum absolute atomic E-state index is 0.0863. The number of rotatable bonds is 4. The van der Waals surface area contributed by atoms with E-state index in [0.29, 0.717) is 0 Å². The molecule has 0 radical (unpaired) electrons. The first-order chi connectivity index (χ1) is 27.0. The maximum Gasteiger partial charge on any atom is 0.0159 e. The van der Waals surface area contributed by atoms with Gasteiger partial charge in [0.15, 0.2) is 0 Å². The summed E-state index contributed by atoms with van der Waals surface area (Å²) in [4.78, 5) is 0. The highest BCUT2D eigenvalue weighted by molar-refractivity contribution is 6.16. The molecule has 0 nitrogen and oxygen atoms in total. The van der Waals surface area contributed by atoms with Crippen molar-refractivity contribution < 1.29 is 0 Å². The highest BCUT2D eigenvalue weighted by Crippen LogP contribution is 2.50. The van der Waals surface area contributed by atoms with E-state index in [1.165, 1.54) is 110 Å². The third-order valence-corrected chi connectivity index (χ3v) is 12.2. The second-order valence-corrected chi connectivity index (χ2v) is 15.7. The summed E-state index contributed by atoms with van der Waals surface area (Å²) in [5, 5.41) is 10.1. The standard InChI is InChI=1S/C55H38/c1-55(2)53-22-11-10-20-47(53)48-28-25-41(34-54(48)55)51-33-42-29-39(44-21-12-18-35-15-8-9-19-43(35)44)23-26-45(42)46-27-24-40(32-52(46)51)50-31-38-17-7-6-16-37(38)30-49(50)36-13-4-3-5-14-36/h3-34H,1-2H3. The summed E-state index contributed by atoms with van der Waals surface area (Å²) in [6, 6.07) is 72.4. The molecule has 0 unspecified atom stereocenters. The van der Waals surface area contributed by atoms with Crippen molar-refractivity contribution in [3.63, 3.8) is 0 Å². The Morgan fingerprint density at radius 2 is 0.818 bits per heavy atom. The van der Waals surface area contributed by atoms with Crippen LogP contribution in [0.1, 0.15) is 25.0 Å². The van der Waals surface area contributed by atoms with Crippen LogP contribution in [0.4, 0.5) is 0 Å². The zero-order chi connectivity index (χ0) is 36.7. The van der Waals surface area contributed by atoms with Crippen molar-refractivity contribution in [3.05, 3.63) is 205 Å². The van der Waals surface area contributed by atoms with Crippen molar-refractivity contribution in [3.8, 4) is 55.6 Å². The third kappa shape index (κ3) is 4.99. The normalized spacial score (nSPS) is 13.1. The lowest BCUT2D eigenvalue weighted by Crippen LogP contribution is -2.14.